The fraction of sp³-hybridized carbons (Fsp3) is 0.933. The molecule has 0 heterocycles. The second-order valence-corrected chi connectivity index (χ2v) is 6.24. The van der Waals surface area contributed by atoms with Gasteiger partial charge >= 0.3 is 0 Å². The molecule has 0 rings (SSSR count). The van der Waals surface area contributed by atoms with E-state index in [-0.39, 0.29) is 5.17 Å². The summed E-state index contributed by atoms with van der Waals surface area (Å²) in [4.78, 5) is 0. The van der Waals surface area contributed by atoms with E-state index in [1.165, 1.54) is 88.8 Å². The first-order valence-corrected chi connectivity index (χ1v) is 8.72. The normalized spacial score (nSPS) is 10.7. The van der Waals surface area contributed by atoms with Gasteiger partial charge in [-0.15, -0.1) is 0 Å². The Hall–Kier alpha value is -0.180. The molecule has 3 heteroatoms. The van der Waals surface area contributed by atoms with Crippen LogP contribution in [0.4, 0.5) is 0 Å². The smallest absolute Gasteiger partial charge is 0.151 e. The lowest BCUT2D eigenvalue weighted by Crippen LogP contribution is -2.04. The number of hydrogen-bond acceptors (Lipinski definition) is 2. The van der Waals surface area contributed by atoms with Gasteiger partial charge in [0, 0.05) is 5.75 Å². The van der Waals surface area contributed by atoms with Gasteiger partial charge in [-0.25, -0.2) is 0 Å². The Morgan fingerprint density at radius 3 is 1.56 bits per heavy atom. The zero-order chi connectivity index (χ0) is 13.5. The third-order valence-electron chi connectivity index (χ3n) is 3.26. The van der Waals surface area contributed by atoms with E-state index < -0.39 is 0 Å². The van der Waals surface area contributed by atoms with Gasteiger partial charge in [-0.3, -0.25) is 5.41 Å². The predicted molar refractivity (Wildman–Crippen MR) is 85.5 cm³/mol. The molecule has 0 aromatic carbocycles. The van der Waals surface area contributed by atoms with E-state index in [4.69, 9.17) is 11.1 Å². The van der Waals surface area contributed by atoms with Crippen LogP contribution in [0, 0.1) is 5.41 Å². The van der Waals surface area contributed by atoms with E-state index >= 15 is 0 Å². The second-order valence-electron chi connectivity index (χ2n) is 5.10. The van der Waals surface area contributed by atoms with Crippen molar-refractivity contribution in [3.05, 3.63) is 0 Å². The Bertz CT molecular complexity index is 183. The van der Waals surface area contributed by atoms with Gasteiger partial charge in [0.1, 0.15) is 0 Å². The molecule has 0 atom stereocenters. The van der Waals surface area contributed by atoms with E-state index in [1.54, 1.807) is 0 Å². The molecule has 0 aromatic heterocycles. The third-order valence-corrected chi connectivity index (χ3v) is 4.06. The summed E-state index contributed by atoms with van der Waals surface area (Å²) in [6.07, 6.45) is 16.6. The van der Waals surface area contributed by atoms with Gasteiger partial charge in [-0.05, 0) is 6.42 Å². The number of rotatable bonds is 13. The van der Waals surface area contributed by atoms with E-state index in [2.05, 4.69) is 6.92 Å². The quantitative estimate of drug-likeness (QED) is 0.271. The molecule has 0 aliphatic heterocycles. The summed E-state index contributed by atoms with van der Waals surface area (Å²) in [5.74, 6) is 1.02. The first-order valence-electron chi connectivity index (χ1n) is 7.74. The van der Waals surface area contributed by atoms with Crippen LogP contribution in [0.2, 0.25) is 0 Å². The highest BCUT2D eigenvalue weighted by atomic mass is 32.2. The van der Waals surface area contributed by atoms with Crippen molar-refractivity contribution in [2.24, 2.45) is 5.73 Å². The molecule has 0 radical (unpaired) electrons. The number of hydrogen-bond donors (Lipinski definition) is 2. The highest BCUT2D eigenvalue weighted by molar-refractivity contribution is 8.13. The molecule has 2 nitrogen and oxygen atoms in total. The van der Waals surface area contributed by atoms with Crippen LogP contribution in [-0.2, 0) is 0 Å². The molecule has 0 unspecified atom stereocenters. The van der Waals surface area contributed by atoms with Crippen LogP contribution in [0.25, 0.3) is 0 Å². The van der Waals surface area contributed by atoms with Gasteiger partial charge in [-0.1, -0.05) is 89.3 Å². The van der Waals surface area contributed by atoms with Gasteiger partial charge in [0.25, 0.3) is 0 Å². The zero-order valence-corrected chi connectivity index (χ0v) is 13.0. The van der Waals surface area contributed by atoms with Crippen molar-refractivity contribution in [1.82, 2.24) is 0 Å². The standard InChI is InChI=1S/C15H32N2S/c1-2-3-4-5-6-7-8-9-10-11-12-13-14-18-15(16)17/h2-14H2,1H3,(H3,16,17). The summed E-state index contributed by atoms with van der Waals surface area (Å²) in [6, 6.07) is 0. The van der Waals surface area contributed by atoms with Gasteiger partial charge < -0.3 is 5.73 Å². The van der Waals surface area contributed by atoms with E-state index in [0.29, 0.717) is 0 Å². The SMILES string of the molecule is CCCCCCCCCCCCCCSC(=N)N. The summed E-state index contributed by atoms with van der Waals surface area (Å²) in [5.41, 5.74) is 5.28. The zero-order valence-electron chi connectivity index (χ0n) is 12.2. The van der Waals surface area contributed by atoms with E-state index in [1.807, 2.05) is 0 Å². The van der Waals surface area contributed by atoms with Crippen LogP contribution < -0.4 is 5.73 Å². The van der Waals surface area contributed by atoms with Crippen LogP contribution >= 0.6 is 11.8 Å². The average Bonchev–Trinajstić information content (AvgIpc) is 2.34. The highest BCUT2D eigenvalue weighted by Crippen LogP contribution is 2.12. The minimum absolute atomic E-state index is 0.262. The number of nitrogens with two attached hydrogens (primary N) is 1. The average molecular weight is 273 g/mol. The van der Waals surface area contributed by atoms with Crippen molar-refractivity contribution in [3.63, 3.8) is 0 Å². The topological polar surface area (TPSA) is 49.9 Å². The summed E-state index contributed by atoms with van der Waals surface area (Å²) < 4.78 is 0. The summed E-state index contributed by atoms with van der Waals surface area (Å²) in [5, 5.41) is 7.35. The van der Waals surface area contributed by atoms with Crippen molar-refractivity contribution in [1.29, 1.82) is 5.41 Å². The third kappa shape index (κ3) is 15.8. The van der Waals surface area contributed by atoms with Gasteiger partial charge in [-0.2, -0.15) is 0 Å². The van der Waals surface area contributed by atoms with Crippen LogP contribution in [0.1, 0.15) is 84.0 Å². The van der Waals surface area contributed by atoms with E-state index in [0.717, 1.165) is 5.75 Å². The van der Waals surface area contributed by atoms with Crippen LogP contribution in [0.15, 0.2) is 0 Å². The van der Waals surface area contributed by atoms with Crippen molar-refractivity contribution in [2.75, 3.05) is 5.75 Å². The van der Waals surface area contributed by atoms with Crippen molar-refractivity contribution in [3.8, 4) is 0 Å². The first-order chi connectivity index (χ1) is 8.77. The fourth-order valence-corrected chi connectivity index (χ4v) is 2.69. The van der Waals surface area contributed by atoms with Crippen LogP contribution in [-0.4, -0.2) is 10.9 Å². The van der Waals surface area contributed by atoms with Gasteiger partial charge in [0.15, 0.2) is 5.17 Å². The Morgan fingerprint density at radius 1 is 0.778 bits per heavy atom. The summed E-state index contributed by atoms with van der Waals surface area (Å²) in [7, 11) is 0. The Balaban J connectivity index is 2.92. The van der Waals surface area contributed by atoms with Crippen LogP contribution in [0.3, 0.4) is 0 Å². The fourth-order valence-electron chi connectivity index (χ4n) is 2.13. The lowest BCUT2D eigenvalue weighted by atomic mass is 10.1. The van der Waals surface area contributed by atoms with E-state index in [9.17, 15) is 0 Å². The molecule has 0 aliphatic rings. The molecule has 108 valence electrons. The van der Waals surface area contributed by atoms with Gasteiger partial charge in [0.05, 0.1) is 0 Å². The molecule has 18 heavy (non-hydrogen) atoms. The maximum Gasteiger partial charge on any atom is 0.151 e. The number of amidine groups is 1. The second kappa shape index (κ2) is 14.9. The number of nitrogens with one attached hydrogen (secondary N) is 1. The molecule has 0 amide bonds. The largest absolute Gasteiger partial charge is 0.379 e. The summed E-state index contributed by atoms with van der Waals surface area (Å²) in [6.45, 7) is 2.27. The summed E-state index contributed by atoms with van der Waals surface area (Å²) >= 11 is 1.47. The first kappa shape index (κ1) is 17.8. The van der Waals surface area contributed by atoms with Gasteiger partial charge in [0.2, 0.25) is 0 Å². The molecule has 0 fully saturated rings. The minimum Gasteiger partial charge on any atom is -0.379 e. The number of thioether (sulfide) groups is 1. The lowest BCUT2D eigenvalue weighted by molar-refractivity contribution is 0.548. The lowest BCUT2D eigenvalue weighted by Gasteiger charge is -2.02. The van der Waals surface area contributed by atoms with Crippen molar-refractivity contribution >= 4 is 16.9 Å². The maximum absolute atomic E-state index is 7.09. The predicted octanol–water partition coefficient (Wildman–Crippen LogP) is 5.31. The Morgan fingerprint density at radius 2 is 1.17 bits per heavy atom. The molecule has 3 N–H and O–H groups in total. The molecular formula is C15H32N2S. The Labute approximate surface area is 118 Å². The minimum atomic E-state index is 0.262. The molecule has 0 aromatic rings. The van der Waals surface area contributed by atoms with Crippen molar-refractivity contribution in [2.45, 2.75) is 84.0 Å². The Kier molecular flexibility index (Phi) is 14.7. The maximum atomic E-state index is 7.09. The molecule has 0 aliphatic carbocycles. The molecule has 0 spiro atoms. The number of unbranched alkanes of at least 4 members (excludes halogenated alkanes) is 11. The van der Waals surface area contributed by atoms with Crippen molar-refractivity contribution < 1.29 is 0 Å². The molecular weight excluding hydrogens is 240 g/mol. The monoisotopic (exact) mass is 272 g/mol. The molecule has 0 saturated carbocycles. The molecule has 0 bridgehead atoms. The highest BCUT2D eigenvalue weighted by Gasteiger charge is 1.94. The molecule has 0 saturated heterocycles. The van der Waals surface area contributed by atoms with Crippen LogP contribution in [0.5, 0.6) is 0 Å².